The molecule has 24 heavy (non-hydrogen) atoms. The zero-order valence-corrected chi connectivity index (χ0v) is 12.8. The Kier molecular flexibility index (Phi) is 3.84. The molecule has 1 aliphatic rings. The van der Waals surface area contributed by atoms with Crippen molar-refractivity contribution in [2.45, 2.75) is 6.54 Å². The number of carbonyl (C=O) groups excluding carboxylic acids is 2. The van der Waals surface area contributed by atoms with Crippen LogP contribution in [0.25, 0.3) is 11.1 Å². The van der Waals surface area contributed by atoms with Crippen molar-refractivity contribution in [1.82, 2.24) is 9.88 Å². The smallest absolute Gasteiger partial charge is 0.254 e. The van der Waals surface area contributed by atoms with Gasteiger partial charge in [-0.1, -0.05) is 18.7 Å². The van der Waals surface area contributed by atoms with Gasteiger partial charge in [-0.3, -0.25) is 14.6 Å². The number of amides is 2. The Morgan fingerprint density at radius 3 is 2.83 bits per heavy atom. The van der Waals surface area contributed by atoms with Crippen LogP contribution in [0.5, 0.6) is 0 Å². The molecule has 1 aromatic carbocycles. The molecule has 0 saturated heterocycles. The van der Waals surface area contributed by atoms with E-state index >= 15 is 0 Å². The molecule has 0 radical (unpaired) electrons. The lowest BCUT2D eigenvalue weighted by Gasteiger charge is -2.14. The van der Waals surface area contributed by atoms with E-state index in [2.05, 4.69) is 11.6 Å². The van der Waals surface area contributed by atoms with Gasteiger partial charge >= 0.3 is 0 Å². The number of hydrogen-bond donors (Lipinski definition) is 1. The summed E-state index contributed by atoms with van der Waals surface area (Å²) in [6.07, 6.45) is 3.03. The number of carbonyl (C=O) groups is 2. The maximum atomic E-state index is 12.5. The third-order valence-corrected chi connectivity index (χ3v) is 3.92. The molecular formula is C18H14N4O2. The number of nitriles is 1. The van der Waals surface area contributed by atoms with E-state index in [1.807, 2.05) is 12.1 Å². The molecule has 0 atom stereocenters. The minimum Gasteiger partial charge on any atom is -0.366 e. The highest BCUT2D eigenvalue weighted by Gasteiger charge is 2.29. The molecule has 3 rings (SSSR count). The first-order valence-corrected chi connectivity index (χ1v) is 7.25. The summed E-state index contributed by atoms with van der Waals surface area (Å²) < 4.78 is 0. The first kappa shape index (κ1) is 15.4. The fourth-order valence-corrected chi connectivity index (χ4v) is 2.78. The largest absolute Gasteiger partial charge is 0.366 e. The molecule has 2 aromatic rings. The molecule has 0 spiro atoms. The van der Waals surface area contributed by atoms with Crippen molar-refractivity contribution in [3.8, 4) is 17.2 Å². The summed E-state index contributed by atoms with van der Waals surface area (Å²) >= 11 is 0. The third kappa shape index (κ3) is 2.63. The summed E-state index contributed by atoms with van der Waals surface area (Å²) in [5.74, 6) is -0.692. The first-order valence-electron chi connectivity index (χ1n) is 7.25. The van der Waals surface area contributed by atoms with E-state index in [0.717, 1.165) is 16.7 Å². The number of nitrogens with zero attached hydrogens (tertiary/aromatic N) is 3. The Balaban J connectivity index is 2.02. The van der Waals surface area contributed by atoms with Crippen LogP contribution >= 0.6 is 0 Å². The Labute approximate surface area is 138 Å². The highest BCUT2D eigenvalue weighted by Crippen LogP contribution is 2.32. The summed E-state index contributed by atoms with van der Waals surface area (Å²) in [6, 6.07) is 9.02. The van der Waals surface area contributed by atoms with Crippen LogP contribution in [-0.4, -0.2) is 28.2 Å². The van der Waals surface area contributed by atoms with Gasteiger partial charge in [0.2, 0.25) is 5.91 Å². The quantitative estimate of drug-likeness (QED) is 0.870. The second-order valence-electron chi connectivity index (χ2n) is 5.53. The molecule has 1 aliphatic heterocycles. The number of rotatable bonds is 4. The van der Waals surface area contributed by atoms with Crippen LogP contribution in [0.3, 0.4) is 0 Å². The minimum atomic E-state index is -0.556. The number of benzene rings is 1. The summed E-state index contributed by atoms with van der Waals surface area (Å²) in [6.45, 7) is 4.21. The van der Waals surface area contributed by atoms with Crippen molar-refractivity contribution < 1.29 is 9.59 Å². The fourth-order valence-electron chi connectivity index (χ4n) is 2.78. The second-order valence-corrected chi connectivity index (χ2v) is 5.53. The van der Waals surface area contributed by atoms with Gasteiger partial charge in [0, 0.05) is 35.6 Å². The predicted octanol–water partition coefficient (Wildman–Crippen LogP) is 1.88. The standard InChI is InChI=1S/C18H14N4O2/c1-11(6-19)9-22-10-16-14(3-2-4-15(16)18(22)24)12-5-13(17(20)23)8-21-7-12/h2-5,7-8H,1,9-10H2,(H2,20,23). The van der Waals surface area contributed by atoms with Crippen molar-refractivity contribution >= 4 is 11.8 Å². The number of nitrogens with two attached hydrogens (primary N) is 1. The van der Waals surface area contributed by atoms with Crippen LogP contribution < -0.4 is 5.73 Å². The summed E-state index contributed by atoms with van der Waals surface area (Å²) in [5, 5.41) is 8.87. The van der Waals surface area contributed by atoms with E-state index in [1.54, 1.807) is 29.3 Å². The Morgan fingerprint density at radius 1 is 1.38 bits per heavy atom. The van der Waals surface area contributed by atoms with Gasteiger partial charge in [0.1, 0.15) is 0 Å². The first-order chi connectivity index (χ1) is 11.5. The fraction of sp³-hybridized carbons (Fsp3) is 0.111. The van der Waals surface area contributed by atoms with E-state index in [-0.39, 0.29) is 12.5 Å². The molecular weight excluding hydrogens is 304 g/mol. The summed E-state index contributed by atoms with van der Waals surface area (Å²) in [7, 11) is 0. The van der Waals surface area contributed by atoms with Gasteiger partial charge in [-0.2, -0.15) is 5.26 Å². The van der Waals surface area contributed by atoms with E-state index in [4.69, 9.17) is 11.0 Å². The van der Waals surface area contributed by atoms with Gasteiger partial charge in [-0.25, -0.2) is 0 Å². The van der Waals surface area contributed by atoms with Crippen molar-refractivity contribution in [3.63, 3.8) is 0 Å². The van der Waals surface area contributed by atoms with E-state index in [9.17, 15) is 9.59 Å². The normalized spacial score (nSPS) is 12.6. The number of primary amides is 1. The van der Waals surface area contributed by atoms with Gasteiger partial charge in [-0.05, 0) is 23.3 Å². The molecule has 118 valence electrons. The average Bonchev–Trinajstić information content (AvgIpc) is 2.91. The van der Waals surface area contributed by atoms with Crippen LogP contribution in [0.1, 0.15) is 26.3 Å². The van der Waals surface area contributed by atoms with Crippen molar-refractivity contribution in [3.05, 3.63) is 65.5 Å². The second kappa shape index (κ2) is 5.97. The molecule has 0 fully saturated rings. The average molecular weight is 318 g/mol. The topological polar surface area (TPSA) is 100 Å². The van der Waals surface area contributed by atoms with Gasteiger partial charge in [0.15, 0.2) is 0 Å². The maximum Gasteiger partial charge on any atom is 0.254 e. The molecule has 6 heteroatoms. The SMILES string of the molecule is C=C(C#N)CN1Cc2c(cccc2-c2cncc(C(N)=O)c2)C1=O. The van der Waals surface area contributed by atoms with Gasteiger partial charge in [0.05, 0.1) is 18.2 Å². The third-order valence-electron chi connectivity index (χ3n) is 3.92. The molecule has 6 nitrogen and oxygen atoms in total. The molecule has 0 aliphatic carbocycles. The van der Waals surface area contributed by atoms with E-state index < -0.39 is 5.91 Å². The molecule has 0 bridgehead atoms. The monoisotopic (exact) mass is 318 g/mol. The molecule has 1 aromatic heterocycles. The molecule has 0 unspecified atom stereocenters. The van der Waals surface area contributed by atoms with Crippen molar-refractivity contribution in [1.29, 1.82) is 5.26 Å². The highest BCUT2D eigenvalue weighted by atomic mass is 16.2. The molecule has 2 N–H and O–H groups in total. The molecule has 2 heterocycles. The van der Waals surface area contributed by atoms with Gasteiger partial charge < -0.3 is 10.6 Å². The highest BCUT2D eigenvalue weighted by molar-refractivity contribution is 6.01. The van der Waals surface area contributed by atoms with Crippen LogP contribution in [-0.2, 0) is 6.54 Å². The Morgan fingerprint density at radius 2 is 2.12 bits per heavy atom. The zero-order chi connectivity index (χ0) is 17.3. The lowest BCUT2D eigenvalue weighted by atomic mass is 9.97. The van der Waals surface area contributed by atoms with Crippen molar-refractivity contribution in [2.24, 2.45) is 5.73 Å². The van der Waals surface area contributed by atoms with Crippen LogP contribution in [0, 0.1) is 11.3 Å². The van der Waals surface area contributed by atoms with Gasteiger partial charge in [-0.15, -0.1) is 0 Å². The Bertz CT molecular complexity index is 911. The maximum absolute atomic E-state index is 12.5. The molecule has 0 saturated carbocycles. The lowest BCUT2D eigenvalue weighted by molar-refractivity contribution is 0.0793. The van der Waals surface area contributed by atoms with Crippen LogP contribution in [0.15, 0.2) is 48.8 Å². The van der Waals surface area contributed by atoms with E-state index in [1.165, 1.54) is 6.20 Å². The lowest BCUT2D eigenvalue weighted by Crippen LogP contribution is -2.25. The number of pyridine rings is 1. The number of fused-ring (bicyclic) bond motifs is 1. The van der Waals surface area contributed by atoms with Crippen molar-refractivity contribution in [2.75, 3.05) is 6.54 Å². The van der Waals surface area contributed by atoms with Gasteiger partial charge in [0.25, 0.3) is 5.91 Å². The number of aromatic nitrogens is 1. The number of hydrogen-bond acceptors (Lipinski definition) is 4. The van der Waals surface area contributed by atoms with Crippen LogP contribution in [0.4, 0.5) is 0 Å². The summed E-state index contributed by atoms with van der Waals surface area (Å²) in [5.41, 5.74) is 8.91. The Hall–Kier alpha value is -3.46. The predicted molar refractivity (Wildman–Crippen MR) is 87.7 cm³/mol. The zero-order valence-electron chi connectivity index (χ0n) is 12.8. The molecule has 2 amide bonds. The van der Waals surface area contributed by atoms with E-state index in [0.29, 0.717) is 23.2 Å². The summed E-state index contributed by atoms with van der Waals surface area (Å²) in [4.78, 5) is 29.5. The van der Waals surface area contributed by atoms with Crippen LogP contribution in [0.2, 0.25) is 0 Å². The minimum absolute atomic E-state index is 0.137.